The van der Waals surface area contributed by atoms with Crippen molar-refractivity contribution in [1.29, 1.82) is 0 Å². The van der Waals surface area contributed by atoms with Gasteiger partial charge in [0.05, 0.1) is 0 Å². The molecular weight excluding hydrogens is 170 g/mol. The summed E-state index contributed by atoms with van der Waals surface area (Å²) in [6, 6.07) is 0. The average molecular weight is 187 g/mol. The van der Waals surface area contributed by atoms with Crippen LogP contribution in [0.4, 0.5) is 0 Å². The molecule has 0 spiro atoms. The first-order valence-corrected chi connectivity index (χ1v) is 4.39. The number of nitrogens with two attached hydrogens (primary N) is 1. The zero-order chi connectivity index (χ0) is 11.0. The molecule has 0 fully saturated rings. The lowest BCUT2D eigenvalue weighted by molar-refractivity contribution is 1.39. The molecular formula is C13H17N. The van der Waals surface area contributed by atoms with E-state index in [1.165, 1.54) is 0 Å². The molecule has 0 aromatic carbocycles. The van der Waals surface area contributed by atoms with Crippen LogP contribution in [0, 0.1) is 0 Å². The summed E-state index contributed by atoms with van der Waals surface area (Å²) in [7, 11) is 0. The smallest absolute Gasteiger partial charge is 0.0270 e. The van der Waals surface area contributed by atoms with Gasteiger partial charge in [-0.3, -0.25) is 0 Å². The van der Waals surface area contributed by atoms with Gasteiger partial charge in [-0.2, -0.15) is 0 Å². The molecule has 74 valence electrons. The van der Waals surface area contributed by atoms with Gasteiger partial charge in [0.2, 0.25) is 0 Å². The van der Waals surface area contributed by atoms with Crippen LogP contribution in [0.5, 0.6) is 0 Å². The van der Waals surface area contributed by atoms with Crippen LogP contribution in [0.3, 0.4) is 0 Å². The fraction of sp³-hybridized carbons (Fsp3) is 0.0769. The van der Waals surface area contributed by atoms with Crippen LogP contribution >= 0.6 is 0 Å². The molecule has 0 rings (SSSR count). The number of hydrogen-bond acceptors (Lipinski definition) is 1. The summed E-state index contributed by atoms with van der Waals surface area (Å²) in [4.78, 5) is 0. The Hall–Kier alpha value is -1.76. The molecule has 14 heavy (non-hydrogen) atoms. The average Bonchev–Trinajstić information content (AvgIpc) is 2.21. The SMILES string of the molecule is C=C/C=C\C(=C)C(=C)/C=C\C(N)=C/C. The summed E-state index contributed by atoms with van der Waals surface area (Å²) < 4.78 is 0. The summed E-state index contributed by atoms with van der Waals surface area (Å²) in [5.74, 6) is 0. The highest BCUT2D eigenvalue weighted by Gasteiger charge is 1.90. The van der Waals surface area contributed by atoms with Crippen molar-refractivity contribution in [3.63, 3.8) is 0 Å². The largest absolute Gasteiger partial charge is 0.399 e. The third-order valence-electron chi connectivity index (χ3n) is 1.66. The zero-order valence-electron chi connectivity index (χ0n) is 8.66. The fourth-order valence-electron chi connectivity index (χ4n) is 0.691. The van der Waals surface area contributed by atoms with E-state index in [2.05, 4.69) is 19.7 Å². The minimum Gasteiger partial charge on any atom is -0.399 e. The molecule has 0 amide bonds. The van der Waals surface area contributed by atoms with Gasteiger partial charge in [0.1, 0.15) is 0 Å². The topological polar surface area (TPSA) is 26.0 Å². The monoisotopic (exact) mass is 187 g/mol. The van der Waals surface area contributed by atoms with Gasteiger partial charge in [0, 0.05) is 5.70 Å². The van der Waals surface area contributed by atoms with E-state index in [0.717, 1.165) is 11.1 Å². The maximum atomic E-state index is 5.59. The van der Waals surface area contributed by atoms with Gasteiger partial charge in [-0.05, 0) is 24.1 Å². The molecule has 1 heteroatoms. The normalized spacial score (nSPS) is 12.2. The van der Waals surface area contributed by atoms with Crippen molar-refractivity contribution >= 4 is 0 Å². The van der Waals surface area contributed by atoms with Crippen molar-refractivity contribution in [3.8, 4) is 0 Å². The Kier molecular flexibility index (Phi) is 5.88. The quantitative estimate of drug-likeness (QED) is 0.657. The molecule has 1 nitrogen and oxygen atoms in total. The van der Waals surface area contributed by atoms with Crippen molar-refractivity contribution < 1.29 is 0 Å². The number of allylic oxidation sites excluding steroid dienone is 8. The maximum Gasteiger partial charge on any atom is 0.0270 e. The van der Waals surface area contributed by atoms with Gasteiger partial charge >= 0.3 is 0 Å². The van der Waals surface area contributed by atoms with E-state index in [1.54, 1.807) is 12.2 Å². The lowest BCUT2D eigenvalue weighted by Crippen LogP contribution is -1.91. The van der Waals surface area contributed by atoms with Crippen molar-refractivity contribution in [2.24, 2.45) is 5.73 Å². The summed E-state index contributed by atoms with van der Waals surface area (Å²) in [5.41, 5.74) is 8.00. The van der Waals surface area contributed by atoms with E-state index in [-0.39, 0.29) is 0 Å². The second-order valence-corrected chi connectivity index (χ2v) is 2.77. The summed E-state index contributed by atoms with van der Waals surface area (Å²) in [6.07, 6.45) is 10.8. The molecule has 0 aromatic heterocycles. The Morgan fingerprint density at radius 3 is 2.14 bits per heavy atom. The third-order valence-corrected chi connectivity index (χ3v) is 1.66. The molecule has 0 radical (unpaired) electrons. The Morgan fingerprint density at radius 1 is 1.07 bits per heavy atom. The Morgan fingerprint density at radius 2 is 1.64 bits per heavy atom. The van der Waals surface area contributed by atoms with Crippen molar-refractivity contribution in [2.45, 2.75) is 6.92 Å². The van der Waals surface area contributed by atoms with E-state index in [1.807, 2.05) is 31.2 Å². The second kappa shape index (κ2) is 6.72. The van der Waals surface area contributed by atoms with Crippen LogP contribution in [-0.2, 0) is 0 Å². The standard InChI is InChI=1S/C13H17N/c1-5-7-8-11(3)12(4)9-10-13(14)6-2/h5-10H,1,3-4,14H2,2H3/b8-7-,10-9-,13-6+. The third kappa shape index (κ3) is 4.99. The lowest BCUT2D eigenvalue weighted by atomic mass is 10.1. The summed E-state index contributed by atoms with van der Waals surface area (Å²) in [6.45, 7) is 13.2. The summed E-state index contributed by atoms with van der Waals surface area (Å²) >= 11 is 0. The van der Waals surface area contributed by atoms with Crippen LogP contribution in [0.1, 0.15) is 6.92 Å². The highest BCUT2D eigenvalue weighted by Crippen LogP contribution is 2.08. The van der Waals surface area contributed by atoms with Gasteiger partial charge in [-0.25, -0.2) is 0 Å². The molecule has 0 heterocycles. The fourth-order valence-corrected chi connectivity index (χ4v) is 0.691. The van der Waals surface area contributed by atoms with E-state index in [9.17, 15) is 0 Å². The second-order valence-electron chi connectivity index (χ2n) is 2.77. The van der Waals surface area contributed by atoms with Crippen molar-refractivity contribution in [3.05, 3.63) is 73.0 Å². The van der Waals surface area contributed by atoms with E-state index in [4.69, 9.17) is 5.73 Å². The first kappa shape index (κ1) is 12.2. The predicted octanol–water partition coefficient (Wildman–Crippen LogP) is 3.26. The molecule has 0 aliphatic rings. The first-order valence-electron chi connectivity index (χ1n) is 4.39. The first-order chi connectivity index (χ1) is 6.61. The maximum absolute atomic E-state index is 5.59. The molecule has 0 bridgehead atoms. The van der Waals surface area contributed by atoms with Gasteiger partial charge < -0.3 is 5.73 Å². The van der Waals surface area contributed by atoms with E-state index >= 15 is 0 Å². The van der Waals surface area contributed by atoms with Crippen LogP contribution < -0.4 is 5.73 Å². The highest BCUT2D eigenvalue weighted by molar-refractivity contribution is 5.44. The Balaban J connectivity index is 4.36. The minimum absolute atomic E-state index is 0.714. The van der Waals surface area contributed by atoms with Crippen LogP contribution in [0.2, 0.25) is 0 Å². The molecule has 0 saturated heterocycles. The molecule has 0 aliphatic carbocycles. The predicted molar refractivity (Wildman–Crippen MR) is 64.7 cm³/mol. The zero-order valence-corrected chi connectivity index (χ0v) is 8.66. The van der Waals surface area contributed by atoms with Crippen molar-refractivity contribution in [2.75, 3.05) is 0 Å². The van der Waals surface area contributed by atoms with Crippen molar-refractivity contribution in [1.82, 2.24) is 0 Å². The van der Waals surface area contributed by atoms with Crippen LogP contribution in [0.15, 0.2) is 73.0 Å². The van der Waals surface area contributed by atoms with Crippen LogP contribution in [-0.4, -0.2) is 0 Å². The van der Waals surface area contributed by atoms with Gasteiger partial charge in [-0.1, -0.05) is 50.1 Å². The Bertz CT molecular complexity index is 314. The highest BCUT2D eigenvalue weighted by atomic mass is 14.5. The molecule has 0 aliphatic heterocycles. The molecule has 2 N–H and O–H groups in total. The number of hydrogen-bond donors (Lipinski definition) is 1. The van der Waals surface area contributed by atoms with Gasteiger partial charge in [-0.15, -0.1) is 0 Å². The van der Waals surface area contributed by atoms with E-state index < -0.39 is 0 Å². The molecule has 0 saturated carbocycles. The number of rotatable bonds is 5. The molecule has 0 atom stereocenters. The minimum atomic E-state index is 0.714. The van der Waals surface area contributed by atoms with E-state index in [0.29, 0.717) is 5.70 Å². The lowest BCUT2D eigenvalue weighted by Gasteiger charge is -1.97. The summed E-state index contributed by atoms with van der Waals surface area (Å²) in [5, 5.41) is 0. The van der Waals surface area contributed by atoms with Gasteiger partial charge in [0.25, 0.3) is 0 Å². The molecule has 0 unspecified atom stereocenters. The Labute approximate surface area is 86.3 Å². The molecule has 0 aromatic rings. The van der Waals surface area contributed by atoms with Crippen LogP contribution in [0.25, 0.3) is 0 Å². The van der Waals surface area contributed by atoms with Gasteiger partial charge in [0.15, 0.2) is 0 Å².